The molecule has 0 saturated heterocycles. The molecule has 1 amide bonds. The summed E-state index contributed by atoms with van der Waals surface area (Å²) < 4.78 is 0. The molecule has 0 spiro atoms. The first-order valence-corrected chi connectivity index (χ1v) is 6.87. The van der Waals surface area contributed by atoms with Gasteiger partial charge in [-0.2, -0.15) is 0 Å². The van der Waals surface area contributed by atoms with Gasteiger partial charge < -0.3 is 16.4 Å². The summed E-state index contributed by atoms with van der Waals surface area (Å²) in [6.45, 7) is 3.54. The Labute approximate surface area is 123 Å². The number of amides is 1. The zero-order valence-electron chi connectivity index (χ0n) is 12.0. The molecule has 110 valence electrons. The van der Waals surface area contributed by atoms with E-state index in [4.69, 9.17) is 5.73 Å². The average molecular weight is 285 g/mol. The maximum Gasteiger partial charge on any atom is 0.271 e. The Hall–Kier alpha value is -2.47. The van der Waals surface area contributed by atoms with Gasteiger partial charge in [0.05, 0.1) is 0 Å². The van der Waals surface area contributed by atoms with Gasteiger partial charge in [0.2, 0.25) is 0 Å². The van der Waals surface area contributed by atoms with Gasteiger partial charge in [0.25, 0.3) is 5.91 Å². The second kappa shape index (κ2) is 7.35. The molecule has 0 unspecified atom stereocenters. The number of carbonyl (C=O) groups excluding carboxylic acids is 1. The van der Waals surface area contributed by atoms with Crippen LogP contribution >= 0.6 is 0 Å². The SMILES string of the molecule is CCNC(=O)c1ccc(NCc2ccccc2CN)nn1. The van der Waals surface area contributed by atoms with Crippen LogP contribution in [0.15, 0.2) is 36.4 Å². The normalized spacial score (nSPS) is 10.2. The molecule has 6 nitrogen and oxygen atoms in total. The van der Waals surface area contributed by atoms with Crippen LogP contribution in [0, 0.1) is 0 Å². The van der Waals surface area contributed by atoms with E-state index in [0.717, 1.165) is 11.1 Å². The number of anilines is 1. The largest absolute Gasteiger partial charge is 0.364 e. The van der Waals surface area contributed by atoms with Crippen molar-refractivity contribution in [3.8, 4) is 0 Å². The van der Waals surface area contributed by atoms with Crippen molar-refractivity contribution in [1.29, 1.82) is 0 Å². The predicted octanol–water partition coefficient (Wildman–Crippen LogP) is 1.30. The van der Waals surface area contributed by atoms with Gasteiger partial charge in [-0.05, 0) is 30.2 Å². The van der Waals surface area contributed by atoms with Crippen LogP contribution in [0.1, 0.15) is 28.5 Å². The van der Waals surface area contributed by atoms with Crippen molar-refractivity contribution in [1.82, 2.24) is 15.5 Å². The van der Waals surface area contributed by atoms with Crippen LogP contribution in [0.4, 0.5) is 5.82 Å². The van der Waals surface area contributed by atoms with E-state index in [0.29, 0.717) is 31.1 Å². The lowest BCUT2D eigenvalue weighted by atomic mass is 10.1. The molecule has 1 aromatic heterocycles. The molecule has 0 atom stereocenters. The van der Waals surface area contributed by atoms with Crippen molar-refractivity contribution in [2.24, 2.45) is 5.73 Å². The molecule has 4 N–H and O–H groups in total. The Balaban J connectivity index is 1.99. The van der Waals surface area contributed by atoms with Gasteiger partial charge in [-0.15, -0.1) is 10.2 Å². The Morgan fingerprint density at radius 1 is 1.14 bits per heavy atom. The number of nitrogens with two attached hydrogens (primary N) is 1. The van der Waals surface area contributed by atoms with Gasteiger partial charge in [-0.3, -0.25) is 4.79 Å². The zero-order chi connectivity index (χ0) is 15.1. The van der Waals surface area contributed by atoms with Gasteiger partial charge in [-0.1, -0.05) is 24.3 Å². The number of benzene rings is 1. The minimum absolute atomic E-state index is 0.218. The van der Waals surface area contributed by atoms with E-state index >= 15 is 0 Å². The topological polar surface area (TPSA) is 92.9 Å². The summed E-state index contributed by atoms with van der Waals surface area (Å²) in [6.07, 6.45) is 0. The molecular weight excluding hydrogens is 266 g/mol. The molecule has 0 fully saturated rings. The summed E-state index contributed by atoms with van der Waals surface area (Å²) in [4.78, 5) is 11.6. The van der Waals surface area contributed by atoms with E-state index in [1.54, 1.807) is 12.1 Å². The summed E-state index contributed by atoms with van der Waals surface area (Å²) in [6, 6.07) is 11.3. The molecule has 0 aliphatic heterocycles. The van der Waals surface area contributed by atoms with E-state index in [9.17, 15) is 4.79 Å². The maximum absolute atomic E-state index is 11.6. The maximum atomic E-state index is 11.6. The Kier molecular flexibility index (Phi) is 5.22. The molecule has 1 aromatic carbocycles. The first-order chi connectivity index (χ1) is 10.2. The smallest absolute Gasteiger partial charge is 0.271 e. The Morgan fingerprint density at radius 3 is 2.52 bits per heavy atom. The van der Waals surface area contributed by atoms with Crippen molar-refractivity contribution < 1.29 is 4.79 Å². The van der Waals surface area contributed by atoms with Crippen LogP contribution in [0.5, 0.6) is 0 Å². The number of hydrogen-bond acceptors (Lipinski definition) is 5. The van der Waals surface area contributed by atoms with Crippen LogP contribution < -0.4 is 16.4 Å². The Morgan fingerprint density at radius 2 is 1.90 bits per heavy atom. The van der Waals surface area contributed by atoms with Crippen molar-refractivity contribution in [3.05, 3.63) is 53.2 Å². The number of rotatable bonds is 6. The second-order valence-electron chi connectivity index (χ2n) is 4.49. The second-order valence-corrected chi connectivity index (χ2v) is 4.49. The highest BCUT2D eigenvalue weighted by Gasteiger charge is 2.06. The third-order valence-electron chi connectivity index (χ3n) is 3.03. The first kappa shape index (κ1) is 14.9. The van der Waals surface area contributed by atoms with Gasteiger partial charge in [0, 0.05) is 19.6 Å². The number of nitrogens with zero attached hydrogens (tertiary/aromatic N) is 2. The van der Waals surface area contributed by atoms with Crippen LogP contribution in [0.3, 0.4) is 0 Å². The molecule has 21 heavy (non-hydrogen) atoms. The van der Waals surface area contributed by atoms with Gasteiger partial charge in [0.15, 0.2) is 5.69 Å². The molecule has 0 bridgehead atoms. The molecule has 0 aliphatic carbocycles. The number of aromatic nitrogens is 2. The standard InChI is InChI=1S/C15H19N5O/c1-2-17-15(21)13-7-8-14(20-19-13)18-10-12-6-4-3-5-11(12)9-16/h3-8H,2,9-10,16H2,1H3,(H,17,21)(H,18,20). The summed E-state index contributed by atoms with van der Waals surface area (Å²) in [5, 5.41) is 13.8. The summed E-state index contributed by atoms with van der Waals surface area (Å²) in [7, 11) is 0. The monoisotopic (exact) mass is 285 g/mol. The molecule has 0 aliphatic rings. The summed E-state index contributed by atoms with van der Waals surface area (Å²) in [5.74, 6) is 0.403. The highest BCUT2D eigenvalue weighted by Crippen LogP contribution is 2.10. The highest BCUT2D eigenvalue weighted by molar-refractivity contribution is 5.92. The quantitative estimate of drug-likeness (QED) is 0.744. The van der Waals surface area contributed by atoms with E-state index in [-0.39, 0.29) is 5.91 Å². The van der Waals surface area contributed by atoms with E-state index in [2.05, 4.69) is 20.8 Å². The van der Waals surface area contributed by atoms with Crippen molar-refractivity contribution >= 4 is 11.7 Å². The molecule has 2 rings (SSSR count). The minimum Gasteiger partial charge on any atom is -0.364 e. The van der Waals surface area contributed by atoms with E-state index in [1.165, 1.54) is 0 Å². The van der Waals surface area contributed by atoms with Crippen LogP contribution in [-0.2, 0) is 13.1 Å². The lowest BCUT2D eigenvalue weighted by Crippen LogP contribution is -2.24. The van der Waals surface area contributed by atoms with Gasteiger partial charge in [-0.25, -0.2) is 0 Å². The molecule has 0 radical (unpaired) electrons. The van der Waals surface area contributed by atoms with Crippen LogP contribution in [0.2, 0.25) is 0 Å². The van der Waals surface area contributed by atoms with Crippen LogP contribution in [-0.4, -0.2) is 22.6 Å². The molecule has 0 saturated carbocycles. The summed E-state index contributed by atoms with van der Waals surface area (Å²) in [5.41, 5.74) is 8.23. The third-order valence-corrected chi connectivity index (χ3v) is 3.03. The van der Waals surface area contributed by atoms with Gasteiger partial charge >= 0.3 is 0 Å². The lowest BCUT2D eigenvalue weighted by Gasteiger charge is -2.09. The number of carbonyl (C=O) groups is 1. The van der Waals surface area contributed by atoms with Gasteiger partial charge in [0.1, 0.15) is 5.82 Å². The number of hydrogen-bond donors (Lipinski definition) is 3. The summed E-state index contributed by atoms with van der Waals surface area (Å²) >= 11 is 0. The van der Waals surface area contributed by atoms with Crippen molar-refractivity contribution in [2.45, 2.75) is 20.0 Å². The third kappa shape index (κ3) is 4.00. The molecule has 1 heterocycles. The molecular formula is C15H19N5O. The van der Waals surface area contributed by atoms with E-state index < -0.39 is 0 Å². The van der Waals surface area contributed by atoms with E-state index in [1.807, 2.05) is 31.2 Å². The fraction of sp³-hybridized carbons (Fsp3) is 0.267. The zero-order valence-corrected chi connectivity index (χ0v) is 12.0. The highest BCUT2D eigenvalue weighted by atomic mass is 16.1. The lowest BCUT2D eigenvalue weighted by molar-refractivity contribution is 0.0950. The van der Waals surface area contributed by atoms with Crippen molar-refractivity contribution in [3.63, 3.8) is 0 Å². The first-order valence-electron chi connectivity index (χ1n) is 6.87. The number of nitrogens with one attached hydrogen (secondary N) is 2. The van der Waals surface area contributed by atoms with Crippen LogP contribution in [0.25, 0.3) is 0 Å². The molecule has 2 aromatic rings. The minimum atomic E-state index is -0.218. The van der Waals surface area contributed by atoms with Crippen molar-refractivity contribution in [2.75, 3.05) is 11.9 Å². The average Bonchev–Trinajstić information content (AvgIpc) is 2.54. The fourth-order valence-electron chi connectivity index (χ4n) is 1.91. The molecule has 6 heteroatoms. The Bertz CT molecular complexity index is 597. The predicted molar refractivity (Wildman–Crippen MR) is 81.7 cm³/mol. The fourth-order valence-corrected chi connectivity index (χ4v) is 1.91.